The Bertz CT molecular complexity index is 5450. The molecule has 1 amide bonds. The number of nitrogens with one attached hydrogen (secondary N) is 3. The van der Waals surface area contributed by atoms with Crippen molar-refractivity contribution in [3.05, 3.63) is 155 Å². The summed E-state index contributed by atoms with van der Waals surface area (Å²) in [5.41, 5.74) is 19.4. The van der Waals surface area contributed by atoms with E-state index in [1.807, 2.05) is 18.6 Å². The topological polar surface area (TPSA) is 411 Å². The number of aromatic nitrogens is 10. The summed E-state index contributed by atoms with van der Waals surface area (Å²) < 4.78 is 169. The second-order valence-corrected chi connectivity index (χ2v) is 45.9. The van der Waals surface area contributed by atoms with E-state index < -0.39 is 52.9 Å². The number of H-pyrrole nitrogens is 1. The molecule has 10 aromatic rings. The Labute approximate surface area is 801 Å². The van der Waals surface area contributed by atoms with Crippen LogP contribution in [0.3, 0.4) is 0 Å². The Hall–Kier alpha value is -3.47. The molecule has 0 bridgehead atoms. The average Bonchev–Trinajstić information content (AvgIpc) is 1.79. The molecule has 0 saturated carbocycles. The monoisotopic (exact) mass is 2090 g/mol. The number of hydrazine groups is 1. The maximum absolute atomic E-state index is 12.6. The molecule has 0 radical (unpaired) electrons. The van der Waals surface area contributed by atoms with Crippen molar-refractivity contribution in [2.24, 2.45) is 10.8 Å². The van der Waals surface area contributed by atoms with Crippen LogP contribution in [0.25, 0.3) is 45.4 Å². The smallest absolute Gasteiger partial charge is 1.00 e. The maximum atomic E-state index is 12.6. The number of thioether (sulfide) groups is 1. The molecule has 11 N–H and O–H groups in total. The number of fused-ring (bicyclic) bond motifs is 1. The molecule has 612 valence electrons. The minimum atomic E-state index is -4.39. The van der Waals surface area contributed by atoms with E-state index in [1.165, 1.54) is 90.8 Å². The van der Waals surface area contributed by atoms with Gasteiger partial charge in [-0.1, -0.05) is 15.3 Å². The molecule has 0 unspecified atom stereocenters. The summed E-state index contributed by atoms with van der Waals surface area (Å²) in [6.45, 7) is 3.44. The van der Waals surface area contributed by atoms with Crippen LogP contribution in [0, 0.1) is 17.2 Å². The maximum Gasteiger partial charge on any atom is 1.00 e. The van der Waals surface area contributed by atoms with Gasteiger partial charge in [-0.3, -0.25) is 25.3 Å². The van der Waals surface area contributed by atoms with E-state index in [-0.39, 0.29) is 155 Å². The van der Waals surface area contributed by atoms with Crippen molar-refractivity contribution in [2.75, 3.05) is 35.9 Å². The van der Waals surface area contributed by atoms with Crippen molar-refractivity contribution in [2.45, 2.75) is 38.6 Å². The number of anilines is 5. The minimum absolute atomic E-state index is 0. The number of nitrogens with two attached hydrogens (primary N) is 4. The zero-order valence-electron chi connectivity index (χ0n) is 58.2. The van der Waals surface area contributed by atoms with Gasteiger partial charge in [0.15, 0.2) is 0 Å². The zero-order valence-corrected chi connectivity index (χ0v) is 81.4. The number of rotatable bonds is 9. The number of hydrogen-bond donors (Lipinski definition) is 7. The molecule has 6 aromatic heterocycles. The number of benzene rings is 4. The number of carbonyl (C=O) groups excluding carboxylic acids is 2. The number of ether oxygens (including phenoxy) is 1. The number of aromatic amines is 1. The fourth-order valence-electron chi connectivity index (χ4n) is 6.58. The first kappa shape index (κ1) is 111. The van der Waals surface area contributed by atoms with Crippen molar-refractivity contribution in [1.82, 2.24) is 56.0 Å². The molecule has 0 atom stereocenters. The summed E-state index contributed by atoms with van der Waals surface area (Å²) in [5, 5.41) is 41.3. The van der Waals surface area contributed by atoms with Gasteiger partial charge in [0.25, 0.3) is 12.4 Å². The van der Waals surface area contributed by atoms with Gasteiger partial charge in [0.05, 0.1) is 51.3 Å². The first-order valence-electron chi connectivity index (χ1n) is 27.5. The summed E-state index contributed by atoms with van der Waals surface area (Å²) in [6.07, 6.45) is -12.4. The number of alkyl halides is 12. The van der Waals surface area contributed by atoms with E-state index in [2.05, 4.69) is 126 Å². The second kappa shape index (κ2) is 60.9. The third-order valence-corrected chi connectivity index (χ3v) is 40.8. The van der Waals surface area contributed by atoms with Gasteiger partial charge in [0, 0.05) is 231 Å². The average molecular weight is 2090 g/mol. The molecule has 6 heterocycles. The molecule has 0 saturated heterocycles. The van der Waals surface area contributed by atoms with E-state index in [0.29, 0.717) is 45.4 Å². The fraction of sp³-hybridized carbons (Fsp3) is 0.151. The first-order chi connectivity index (χ1) is 53.1. The van der Waals surface area contributed by atoms with Crippen LogP contribution in [-0.4, -0.2) is 81.3 Å². The number of methoxy groups -OCH3 is 1. The summed E-state index contributed by atoms with van der Waals surface area (Å²) in [4.78, 5) is 43.1. The van der Waals surface area contributed by atoms with Crippen molar-refractivity contribution in [1.29, 1.82) is 5.26 Å². The van der Waals surface area contributed by atoms with Crippen molar-refractivity contribution in [3.8, 4) is 45.2 Å². The largest absolute Gasteiger partial charge is 1.00 e. The van der Waals surface area contributed by atoms with Gasteiger partial charge in [-0.15, -0.1) is 27.1 Å². The van der Waals surface area contributed by atoms with Gasteiger partial charge < -0.3 is 51.7 Å². The van der Waals surface area contributed by atoms with Gasteiger partial charge in [0.1, 0.15) is 16.2 Å². The van der Waals surface area contributed by atoms with E-state index in [0.717, 1.165) is 76.9 Å². The minimum Gasteiger partial charge on any atom is -1.00 e. The van der Waals surface area contributed by atoms with Crippen LogP contribution in [0.2, 0.25) is 0 Å². The molecule has 4 aromatic carbocycles. The molecule has 0 aliphatic carbocycles. The third-order valence-electron chi connectivity index (χ3n) is 11.2. The number of carbonyl (C=O) groups is 2. The van der Waals surface area contributed by atoms with Crippen LogP contribution in [-0.2, 0) is 212 Å². The third kappa shape index (κ3) is 44.7. The van der Waals surface area contributed by atoms with Gasteiger partial charge in [-0.05, 0) is 129 Å². The Balaban J connectivity index is -0.000000641. The number of amides is 1. The number of aryl methyl sites for hydroxylation is 1. The van der Waals surface area contributed by atoms with Crippen LogP contribution in [0.1, 0.15) is 49.5 Å². The molecule has 61 heteroatoms. The molecule has 0 aliphatic rings. The number of nitrogen functional groups attached to an aromatic ring is 4. The number of imidazole rings is 1. The molecule has 26 nitrogen and oxygen atoms in total. The molecule has 0 fully saturated rings. The molecule has 0 aliphatic heterocycles. The van der Waals surface area contributed by atoms with Crippen LogP contribution < -0.4 is 147 Å². The van der Waals surface area contributed by atoms with Crippen molar-refractivity contribution in [3.63, 3.8) is 0 Å². The zero-order chi connectivity index (χ0) is 83.9. The van der Waals surface area contributed by atoms with Crippen molar-refractivity contribution < 1.29 is 197 Å². The summed E-state index contributed by atoms with van der Waals surface area (Å²) >= 11 is 22.5. The Morgan fingerprint density at radius 2 is 1.00 bits per heavy atom. The van der Waals surface area contributed by atoms with E-state index >= 15 is 0 Å². The number of halogens is 13. The Morgan fingerprint density at radius 1 is 0.623 bits per heavy atom. The van der Waals surface area contributed by atoms with Gasteiger partial charge >= 0.3 is 146 Å². The first-order valence-corrected chi connectivity index (χ1v) is 52.2. The van der Waals surface area contributed by atoms with Crippen molar-refractivity contribution >= 4 is 269 Å². The Morgan fingerprint density at radius 3 is 1.35 bits per heavy atom. The number of pyridine rings is 2. The van der Waals surface area contributed by atoms with E-state index in [1.54, 1.807) is 134 Å². The van der Waals surface area contributed by atoms with Gasteiger partial charge in [-0.25, -0.2) is 15.8 Å². The van der Waals surface area contributed by atoms with Crippen LogP contribution in [0.5, 0.6) is 5.88 Å². The summed E-state index contributed by atoms with van der Waals surface area (Å²) in [5.74, 6) is 5.26. The second-order valence-electron chi connectivity index (χ2n) is 18.0. The normalized spacial score (nSPS) is 10.1. The predicted molar refractivity (Wildman–Crippen MR) is 456 cm³/mol. The van der Waals surface area contributed by atoms with Gasteiger partial charge in [-0.2, -0.15) is 62.9 Å². The van der Waals surface area contributed by atoms with Crippen LogP contribution >= 0.6 is 27.7 Å². The molecule has 0 spiro atoms. The van der Waals surface area contributed by atoms with Gasteiger partial charge in [0.2, 0.25) is 29.5 Å². The summed E-state index contributed by atoms with van der Waals surface area (Å²) in [7, 11) is 25.1. The molecule has 10 rings (SSSR count). The fourth-order valence-corrected chi connectivity index (χ4v) is 36.9. The molecule has 114 heavy (non-hydrogen) atoms. The standard InChI is InChI=1S/C16H11F3N6O.C12H10F3N3OS.C9H6F3N3O.C8H7F3N2O.C6H9N3O.CBrN.CH2O3.2K.S10.S9.2H2.H/c1-8-12-11(6-7-20-8)21-14(22-12)23-15-25-24-13(26-15)9-2-4-10(5-3-9)16(17,18)19;1-7(20-2)16-11-18-17-10(19-11)8-3-5-9(6-4-8)12(13,14)15;10-9(11,12)6-3-1-5(2-4-6)7-14-15-8(13)16-7;9-8(10,11)6-3-1-5(2-4-6)7(14)13-12;1-10-6-5(8)4(7)2-3-9-6;2-1-3;2-1-4-3;;;1-3-5-7-9-10-8-6-4-2;1-3-5-7-9-8-6-4-2;;;/h2-7H,1H3,(H2,21,22,23,25);3-6H,1-2H3;1-4H,(H2,13,15);1-4H,12H2,(H,13,14);2-3H,8H2,1H3,(H2,7,9);;1,3H;;;;;2*1H;/q;;;;;;;2*+1;;;;;-1/p-1. The predicted octanol–water partition coefficient (Wildman–Crippen LogP) is 6.01. The molecular formula is C53H49BrF12K2N18O8S20. The molecular weight excluding hydrogens is 2040 g/mol. The number of nitrogens with zero attached hydrogens (tertiary/aromatic N) is 11. The Kier molecular flexibility index (Phi) is 59.1. The van der Waals surface area contributed by atoms with Crippen LogP contribution in [0.15, 0.2) is 140 Å². The van der Waals surface area contributed by atoms with Crippen LogP contribution in [0.4, 0.5) is 88.1 Å². The number of hydrogen-bond acceptors (Lipinski definition) is 29. The SMILES string of the molecule is COc1nccc(N)c1N.CSC(C)=Nc1nnc(-c2ccc(C(F)(F)F)cc2)o1.Cc1nccc2[nH]c(Nc3nnc(-c4ccc(C(F)(F)F)cc4)o3)nc12.N#CBr.NNC(=O)c1ccc(C(F)(F)F)cc1.Nc1nnc(-c2ccc(C(F)(F)F)cc2)o1.O=CO[O-].S=S=S=S=S=S=S=S=S.S=S=S=S=S=S=S=S=S=S.[H-].[HH].[HH].[K+].[K+]. The number of nitriles is 1. The summed E-state index contributed by atoms with van der Waals surface area (Å²) in [6, 6.07) is 20.5. The van der Waals surface area contributed by atoms with E-state index in [9.17, 15) is 57.5 Å². The van der Waals surface area contributed by atoms with E-state index in [4.69, 9.17) is 56.3 Å². The number of aliphatic imine (C=N–C) groups is 1. The quantitative estimate of drug-likeness (QED) is 0.0100.